The molecule has 1 aromatic rings. The topological polar surface area (TPSA) is 61.5 Å². The SMILES string of the molecule is COc1ccccc1C(N)C(=O)OC(C)(C)C. The number of nitrogens with two attached hydrogens (primary N) is 1. The Labute approximate surface area is 102 Å². The molecule has 2 N–H and O–H groups in total. The normalized spacial score (nSPS) is 13.0. The van der Waals surface area contributed by atoms with E-state index in [1.807, 2.05) is 12.1 Å². The Kier molecular flexibility index (Phi) is 4.12. The van der Waals surface area contributed by atoms with E-state index < -0.39 is 17.6 Å². The van der Waals surface area contributed by atoms with Crippen molar-refractivity contribution in [3.63, 3.8) is 0 Å². The summed E-state index contributed by atoms with van der Waals surface area (Å²) in [6, 6.07) is 6.32. The minimum Gasteiger partial charge on any atom is -0.496 e. The van der Waals surface area contributed by atoms with Crippen LogP contribution in [0.3, 0.4) is 0 Å². The largest absolute Gasteiger partial charge is 0.496 e. The number of para-hydroxylation sites is 1. The molecule has 17 heavy (non-hydrogen) atoms. The Bertz CT molecular complexity index is 396. The standard InChI is InChI=1S/C13H19NO3/c1-13(2,3)17-12(15)11(14)9-7-5-6-8-10(9)16-4/h5-8,11H,14H2,1-4H3. The van der Waals surface area contributed by atoms with Crippen LogP contribution in [-0.4, -0.2) is 18.7 Å². The molecular weight excluding hydrogens is 218 g/mol. The maximum Gasteiger partial charge on any atom is 0.328 e. The van der Waals surface area contributed by atoms with Crippen LogP contribution in [0.2, 0.25) is 0 Å². The van der Waals surface area contributed by atoms with E-state index in [-0.39, 0.29) is 0 Å². The van der Waals surface area contributed by atoms with Gasteiger partial charge in [0.25, 0.3) is 0 Å². The van der Waals surface area contributed by atoms with Crippen molar-refractivity contribution in [3.8, 4) is 5.75 Å². The number of carbonyl (C=O) groups is 1. The number of esters is 1. The van der Waals surface area contributed by atoms with Crippen LogP contribution in [-0.2, 0) is 9.53 Å². The number of ether oxygens (including phenoxy) is 2. The number of hydrogen-bond donors (Lipinski definition) is 1. The third-order valence-corrected chi connectivity index (χ3v) is 2.13. The van der Waals surface area contributed by atoms with E-state index in [1.165, 1.54) is 0 Å². The molecule has 0 radical (unpaired) electrons. The van der Waals surface area contributed by atoms with Gasteiger partial charge in [0.1, 0.15) is 17.4 Å². The molecule has 0 aromatic heterocycles. The first-order valence-electron chi connectivity index (χ1n) is 5.46. The molecule has 0 aliphatic heterocycles. The van der Waals surface area contributed by atoms with Gasteiger partial charge in [-0.05, 0) is 26.8 Å². The van der Waals surface area contributed by atoms with Crippen molar-refractivity contribution >= 4 is 5.97 Å². The lowest BCUT2D eigenvalue weighted by Gasteiger charge is -2.23. The first-order valence-corrected chi connectivity index (χ1v) is 5.46. The number of rotatable bonds is 3. The molecule has 0 heterocycles. The van der Waals surface area contributed by atoms with Gasteiger partial charge in [-0.1, -0.05) is 18.2 Å². The number of carbonyl (C=O) groups excluding carboxylic acids is 1. The van der Waals surface area contributed by atoms with E-state index in [2.05, 4.69) is 0 Å². The lowest BCUT2D eigenvalue weighted by molar-refractivity contribution is -0.156. The second-order valence-corrected chi connectivity index (χ2v) is 4.75. The average Bonchev–Trinajstić information content (AvgIpc) is 2.25. The van der Waals surface area contributed by atoms with Crippen LogP contribution in [0.15, 0.2) is 24.3 Å². The van der Waals surface area contributed by atoms with Crippen molar-refractivity contribution < 1.29 is 14.3 Å². The molecule has 0 spiro atoms. The van der Waals surface area contributed by atoms with Crippen LogP contribution in [0, 0.1) is 0 Å². The minimum absolute atomic E-state index is 0.456. The average molecular weight is 237 g/mol. The Morgan fingerprint density at radius 3 is 2.41 bits per heavy atom. The molecule has 4 nitrogen and oxygen atoms in total. The minimum atomic E-state index is -0.828. The smallest absolute Gasteiger partial charge is 0.328 e. The van der Waals surface area contributed by atoms with Gasteiger partial charge in [-0.2, -0.15) is 0 Å². The third-order valence-electron chi connectivity index (χ3n) is 2.13. The van der Waals surface area contributed by atoms with Gasteiger partial charge >= 0.3 is 5.97 Å². The van der Waals surface area contributed by atoms with Gasteiger partial charge in [-0.15, -0.1) is 0 Å². The highest BCUT2D eigenvalue weighted by molar-refractivity contribution is 5.78. The highest BCUT2D eigenvalue weighted by Crippen LogP contribution is 2.25. The Morgan fingerprint density at radius 1 is 1.29 bits per heavy atom. The molecule has 0 aliphatic rings. The molecule has 94 valence electrons. The summed E-state index contributed by atoms with van der Waals surface area (Å²) < 4.78 is 10.4. The number of methoxy groups -OCH3 is 1. The highest BCUT2D eigenvalue weighted by atomic mass is 16.6. The molecule has 1 aromatic carbocycles. The molecule has 0 fully saturated rings. The molecule has 0 aliphatic carbocycles. The van der Waals surface area contributed by atoms with E-state index in [0.29, 0.717) is 11.3 Å². The summed E-state index contributed by atoms with van der Waals surface area (Å²) in [5.74, 6) is 0.132. The Balaban J connectivity index is 2.89. The van der Waals surface area contributed by atoms with Crippen molar-refractivity contribution in [2.45, 2.75) is 32.4 Å². The van der Waals surface area contributed by atoms with Crippen LogP contribution in [0.25, 0.3) is 0 Å². The monoisotopic (exact) mass is 237 g/mol. The van der Waals surface area contributed by atoms with Crippen LogP contribution >= 0.6 is 0 Å². The van der Waals surface area contributed by atoms with Crippen LogP contribution < -0.4 is 10.5 Å². The molecule has 1 rings (SSSR count). The predicted octanol–water partition coefficient (Wildman–Crippen LogP) is 2.04. The fraction of sp³-hybridized carbons (Fsp3) is 0.462. The molecule has 0 saturated heterocycles. The predicted molar refractivity (Wildman–Crippen MR) is 65.8 cm³/mol. The highest BCUT2D eigenvalue weighted by Gasteiger charge is 2.25. The van der Waals surface area contributed by atoms with E-state index in [1.54, 1.807) is 40.0 Å². The molecule has 4 heteroatoms. The van der Waals surface area contributed by atoms with Crippen molar-refractivity contribution in [3.05, 3.63) is 29.8 Å². The second kappa shape index (κ2) is 5.19. The van der Waals surface area contributed by atoms with Crippen molar-refractivity contribution in [1.29, 1.82) is 0 Å². The molecule has 1 atom stereocenters. The second-order valence-electron chi connectivity index (χ2n) is 4.75. The summed E-state index contributed by atoms with van der Waals surface area (Å²) in [5, 5.41) is 0. The zero-order valence-electron chi connectivity index (χ0n) is 10.7. The van der Waals surface area contributed by atoms with Gasteiger partial charge in [-0.25, -0.2) is 4.79 Å². The summed E-state index contributed by atoms with van der Waals surface area (Å²) >= 11 is 0. The van der Waals surface area contributed by atoms with Crippen molar-refractivity contribution in [1.82, 2.24) is 0 Å². The first kappa shape index (κ1) is 13.5. The van der Waals surface area contributed by atoms with E-state index >= 15 is 0 Å². The molecule has 0 bridgehead atoms. The summed E-state index contributed by atoms with van der Waals surface area (Å²) in [5.41, 5.74) is 5.95. The lowest BCUT2D eigenvalue weighted by atomic mass is 10.1. The molecule has 0 saturated carbocycles. The van der Waals surface area contributed by atoms with Crippen LogP contribution in [0.5, 0.6) is 5.75 Å². The summed E-state index contributed by atoms with van der Waals surface area (Å²) in [4.78, 5) is 11.8. The summed E-state index contributed by atoms with van der Waals surface area (Å²) in [7, 11) is 1.54. The Morgan fingerprint density at radius 2 is 1.88 bits per heavy atom. The van der Waals surface area contributed by atoms with Crippen molar-refractivity contribution in [2.75, 3.05) is 7.11 Å². The number of hydrogen-bond acceptors (Lipinski definition) is 4. The molecule has 1 unspecified atom stereocenters. The van der Waals surface area contributed by atoms with Gasteiger partial charge in [0.15, 0.2) is 0 Å². The molecule has 0 amide bonds. The van der Waals surface area contributed by atoms with Gasteiger partial charge in [0.05, 0.1) is 7.11 Å². The fourth-order valence-electron chi connectivity index (χ4n) is 1.42. The zero-order chi connectivity index (χ0) is 13.1. The van der Waals surface area contributed by atoms with Gasteiger partial charge in [0, 0.05) is 5.56 Å². The number of benzene rings is 1. The quantitative estimate of drug-likeness (QED) is 0.817. The lowest BCUT2D eigenvalue weighted by Crippen LogP contribution is -2.31. The van der Waals surface area contributed by atoms with Gasteiger partial charge in [-0.3, -0.25) is 0 Å². The summed E-state index contributed by atoms with van der Waals surface area (Å²) in [6.07, 6.45) is 0. The Hall–Kier alpha value is -1.55. The van der Waals surface area contributed by atoms with Crippen molar-refractivity contribution in [2.24, 2.45) is 5.73 Å². The third kappa shape index (κ3) is 3.75. The van der Waals surface area contributed by atoms with E-state index in [4.69, 9.17) is 15.2 Å². The van der Waals surface area contributed by atoms with Crippen LogP contribution in [0.4, 0.5) is 0 Å². The zero-order valence-corrected chi connectivity index (χ0v) is 10.7. The van der Waals surface area contributed by atoms with Crippen LogP contribution in [0.1, 0.15) is 32.4 Å². The maximum atomic E-state index is 11.8. The van der Waals surface area contributed by atoms with E-state index in [0.717, 1.165) is 0 Å². The first-order chi connectivity index (χ1) is 7.85. The molecular formula is C13H19NO3. The van der Waals surface area contributed by atoms with Gasteiger partial charge < -0.3 is 15.2 Å². The summed E-state index contributed by atoms with van der Waals surface area (Å²) in [6.45, 7) is 5.42. The van der Waals surface area contributed by atoms with Gasteiger partial charge in [0.2, 0.25) is 0 Å². The fourth-order valence-corrected chi connectivity index (χ4v) is 1.42. The maximum absolute atomic E-state index is 11.8. The van der Waals surface area contributed by atoms with E-state index in [9.17, 15) is 4.79 Å².